The maximum Gasteiger partial charge on any atom is 0.437 e. The molecule has 1 aliphatic heterocycles. The fourth-order valence-electron chi connectivity index (χ4n) is 2.34. The number of hydrogen-bond donors (Lipinski definition) is 2. The second-order valence-corrected chi connectivity index (χ2v) is 9.58. The largest absolute Gasteiger partial charge is 0.437 e. The Bertz CT molecular complexity index is 974. The van der Waals surface area contributed by atoms with E-state index in [1.54, 1.807) is 6.07 Å². The average molecular weight is 384 g/mol. The molecule has 0 saturated heterocycles. The van der Waals surface area contributed by atoms with Crippen LogP contribution in [0.15, 0.2) is 41.2 Å². The summed E-state index contributed by atoms with van der Waals surface area (Å²) in [7, 11) is 0. The van der Waals surface area contributed by atoms with Crippen molar-refractivity contribution in [3.8, 4) is 17.0 Å². The zero-order valence-electron chi connectivity index (χ0n) is 12.8. The highest BCUT2D eigenvalue weighted by molar-refractivity contribution is 8.54. The Morgan fingerprint density at radius 2 is 2.08 bits per heavy atom. The maximum atomic E-state index is 12.6. The molecule has 1 aliphatic carbocycles. The summed E-state index contributed by atoms with van der Waals surface area (Å²) in [5, 5.41) is 1.09. The van der Waals surface area contributed by atoms with Gasteiger partial charge in [-0.3, -0.25) is 4.79 Å². The van der Waals surface area contributed by atoms with Crippen LogP contribution in [0.4, 0.5) is 0 Å². The van der Waals surface area contributed by atoms with E-state index in [4.69, 9.17) is 16.1 Å². The first-order valence-electron chi connectivity index (χ1n) is 7.32. The van der Waals surface area contributed by atoms with Crippen LogP contribution < -0.4 is 9.95 Å². The molecule has 0 bridgehead atoms. The normalized spacial score (nSPS) is 14.0. The molecule has 0 fully saturated rings. The molecule has 1 heterocycles. The standard InChI is InChI=1S/C16H15ClNO4PS/c1-2-7-24-23(20,21)22-14-9-12(17)15-11(16(14)19)8-10-5-3-4-6-13(10)18-15/h3-6,8-9,18H,2,7H2,1H3,(H,20,21). The SMILES string of the molecule is CCCSP(=O)(O)Oc1cc(Cl)c2[nH]c3ccccc3cc-2c1=O. The number of fused-ring (bicyclic) bond motifs is 2. The van der Waals surface area contributed by atoms with E-state index in [1.807, 2.05) is 31.2 Å². The lowest BCUT2D eigenvalue weighted by Crippen LogP contribution is -2.11. The van der Waals surface area contributed by atoms with Crippen molar-refractivity contribution in [2.45, 2.75) is 13.3 Å². The zero-order chi connectivity index (χ0) is 17.3. The molecule has 3 rings (SSSR count). The number of pyridine rings is 1. The lowest BCUT2D eigenvalue weighted by molar-refractivity contribution is 0.401. The second-order valence-electron chi connectivity index (χ2n) is 5.22. The molecule has 5 nitrogen and oxygen atoms in total. The van der Waals surface area contributed by atoms with E-state index in [2.05, 4.69) is 4.98 Å². The molecule has 0 radical (unpaired) electrons. The van der Waals surface area contributed by atoms with Crippen LogP contribution in [0.5, 0.6) is 5.75 Å². The molecule has 0 spiro atoms. The van der Waals surface area contributed by atoms with Crippen LogP contribution in [0, 0.1) is 0 Å². The summed E-state index contributed by atoms with van der Waals surface area (Å²) in [6.45, 7) is -2.07. The van der Waals surface area contributed by atoms with Crippen molar-refractivity contribution >= 4 is 40.7 Å². The molecule has 0 aromatic heterocycles. The highest BCUT2D eigenvalue weighted by Gasteiger charge is 2.25. The summed E-state index contributed by atoms with van der Waals surface area (Å²) >= 11 is 7.03. The van der Waals surface area contributed by atoms with Gasteiger partial charge in [-0.25, -0.2) is 4.57 Å². The second kappa shape index (κ2) is 6.81. The van der Waals surface area contributed by atoms with E-state index in [1.165, 1.54) is 6.07 Å². The molecule has 0 saturated carbocycles. The third-order valence-corrected chi connectivity index (χ3v) is 6.82. The molecule has 2 aliphatic rings. The third kappa shape index (κ3) is 3.47. The van der Waals surface area contributed by atoms with E-state index in [9.17, 15) is 14.3 Å². The van der Waals surface area contributed by atoms with Gasteiger partial charge in [0.05, 0.1) is 16.3 Å². The highest BCUT2D eigenvalue weighted by Crippen LogP contribution is 2.55. The number of benzene rings is 2. The summed E-state index contributed by atoms with van der Waals surface area (Å²) in [5.74, 6) is 0.243. The van der Waals surface area contributed by atoms with Gasteiger partial charge < -0.3 is 14.4 Å². The van der Waals surface area contributed by atoms with E-state index in [0.29, 0.717) is 17.0 Å². The van der Waals surface area contributed by atoms with Crippen LogP contribution in [0.1, 0.15) is 13.3 Å². The molecule has 1 atom stereocenters. The molecule has 24 heavy (non-hydrogen) atoms. The quantitative estimate of drug-likeness (QED) is 0.483. The van der Waals surface area contributed by atoms with E-state index >= 15 is 0 Å². The number of hydrogen-bond acceptors (Lipinski definition) is 4. The predicted molar refractivity (Wildman–Crippen MR) is 99.4 cm³/mol. The van der Waals surface area contributed by atoms with Gasteiger partial charge in [0.15, 0.2) is 5.75 Å². The Morgan fingerprint density at radius 3 is 2.83 bits per heavy atom. The van der Waals surface area contributed by atoms with E-state index in [-0.39, 0.29) is 10.8 Å². The van der Waals surface area contributed by atoms with Crippen molar-refractivity contribution < 1.29 is 14.0 Å². The van der Waals surface area contributed by atoms with Crippen molar-refractivity contribution in [3.05, 3.63) is 51.6 Å². The number of para-hydroxylation sites is 1. The van der Waals surface area contributed by atoms with Crippen molar-refractivity contribution in [1.29, 1.82) is 0 Å². The number of aromatic amines is 1. The Morgan fingerprint density at radius 1 is 1.33 bits per heavy atom. The third-order valence-electron chi connectivity index (χ3n) is 3.43. The lowest BCUT2D eigenvalue weighted by atomic mass is 10.1. The fraction of sp³-hybridized carbons (Fsp3) is 0.188. The van der Waals surface area contributed by atoms with Gasteiger partial charge in [-0.15, -0.1) is 0 Å². The molecule has 1 aromatic carbocycles. The Balaban J connectivity index is 2.13. The maximum absolute atomic E-state index is 12.6. The summed E-state index contributed by atoms with van der Waals surface area (Å²) in [4.78, 5) is 25.6. The molecular weight excluding hydrogens is 369 g/mol. The fourth-order valence-corrected chi connectivity index (χ4v) is 5.08. The van der Waals surface area contributed by atoms with Crippen LogP contribution in [-0.2, 0) is 4.57 Å². The van der Waals surface area contributed by atoms with E-state index in [0.717, 1.165) is 28.7 Å². The smallest absolute Gasteiger partial charge is 0.413 e. The van der Waals surface area contributed by atoms with Gasteiger partial charge in [0.2, 0.25) is 5.43 Å². The number of rotatable bonds is 5. The first kappa shape index (κ1) is 17.4. The molecule has 1 unspecified atom stereocenters. The van der Waals surface area contributed by atoms with Gasteiger partial charge in [0.25, 0.3) is 0 Å². The monoisotopic (exact) mass is 383 g/mol. The minimum atomic E-state index is -3.96. The van der Waals surface area contributed by atoms with Crippen molar-refractivity contribution in [2.75, 3.05) is 5.75 Å². The number of nitrogens with one attached hydrogen (secondary N) is 1. The van der Waals surface area contributed by atoms with Crippen molar-refractivity contribution in [1.82, 2.24) is 4.98 Å². The number of H-pyrrole nitrogens is 1. The van der Waals surface area contributed by atoms with Gasteiger partial charge in [0.1, 0.15) is 0 Å². The van der Waals surface area contributed by atoms with E-state index < -0.39 is 12.2 Å². The van der Waals surface area contributed by atoms with Gasteiger partial charge >= 0.3 is 6.80 Å². The Hall–Kier alpha value is -1.46. The minimum absolute atomic E-state index is 0.217. The molecule has 2 N–H and O–H groups in total. The summed E-state index contributed by atoms with van der Waals surface area (Å²) in [6, 6.07) is 10.5. The minimum Gasteiger partial charge on any atom is -0.413 e. The highest BCUT2D eigenvalue weighted by atomic mass is 35.5. The van der Waals surface area contributed by atoms with Gasteiger partial charge in [0, 0.05) is 17.3 Å². The lowest BCUT2D eigenvalue weighted by Gasteiger charge is -2.15. The van der Waals surface area contributed by atoms with Crippen LogP contribution >= 0.6 is 29.8 Å². The van der Waals surface area contributed by atoms with Crippen LogP contribution in [0.3, 0.4) is 0 Å². The molecule has 0 amide bonds. The van der Waals surface area contributed by atoms with Crippen LogP contribution in [0.2, 0.25) is 5.02 Å². The molecule has 8 heteroatoms. The number of aromatic nitrogens is 1. The molecular formula is C16H15ClNO4PS. The van der Waals surface area contributed by atoms with Crippen molar-refractivity contribution in [3.63, 3.8) is 0 Å². The summed E-state index contributed by atoms with van der Waals surface area (Å²) < 4.78 is 17.2. The molecule has 126 valence electrons. The van der Waals surface area contributed by atoms with Gasteiger partial charge in [-0.2, -0.15) is 0 Å². The topological polar surface area (TPSA) is 79.4 Å². The number of halogens is 1. The zero-order valence-corrected chi connectivity index (χ0v) is 15.3. The van der Waals surface area contributed by atoms with Crippen molar-refractivity contribution in [2.24, 2.45) is 0 Å². The summed E-state index contributed by atoms with van der Waals surface area (Å²) in [6.07, 6.45) is 0.724. The first-order valence-corrected chi connectivity index (χ1v) is 10.9. The summed E-state index contributed by atoms with van der Waals surface area (Å²) in [5.41, 5.74) is 1.16. The van der Waals surface area contributed by atoms with Crippen LogP contribution in [-0.4, -0.2) is 15.6 Å². The van der Waals surface area contributed by atoms with Gasteiger partial charge in [-0.05, 0) is 35.3 Å². The Labute approximate surface area is 147 Å². The predicted octanol–water partition coefficient (Wildman–Crippen LogP) is 4.91. The van der Waals surface area contributed by atoms with Gasteiger partial charge in [-0.1, -0.05) is 36.7 Å². The Kier molecular flexibility index (Phi) is 4.92. The average Bonchev–Trinajstić information content (AvgIpc) is 2.56. The first-order chi connectivity index (χ1) is 11.4. The molecule has 1 aromatic rings. The van der Waals surface area contributed by atoms with Crippen LogP contribution in [0.25, 0.3) is 22.2 Å².